The molecule has 142 valence electrons. The Balaban J connectivity index is 2.08. The zero-order valence-electron chi connectivity index (χ0n) is 16.1. The van der Waals surface area contributed by atoms with Gasteiger partial charge in [-0.25, -0.2) is 0 Å². The summed E-state index contributed by atoms with van der Waals surface area (Å²) in [7, 11) is 1.64. The van der Waals surface area contributed by atoms with Gasteiger partial charge in [0, 0.05) is 24.9 Å². The third kappa shape index (κ3) is 3.69. The molecule has 0 fully saturated rings. The lowest BCUT2D eigenvalue weighted by molar-refractivity contribution is 0.0432. The van der Waals surface area contributed by atoms with E-state index in [1.807, 2.05) is 67.3 Å². The number of para-hydroxylation sites is 2. The minimum absolute atomic E-state index is 0.0291. The summed E-state index contributed by atoms with van der Waals surface area (Å²) in [5.74, 6) is 0.698. The van der Waals surface area contributed by atoms with E-state index in [0.29, 0.717) is 25.3 Å². The van der Waals surface area contributed by atoms with Gasteiger partial charge in [-0.05, 0) is 37.6 Å². The molecule has 1 aliphatic rings. The lowest BCUT2D eigenvalue weighted by Crippen LogP contribution is -2.56. The van der Waals surface area contributed by atoms with Crippen molar-refractivity contribution in [1.82, 2.24) is 4.90 Å². The lowest BCUT2D eigenvalue weighted by Gasteiger charge is -2.47. The average molecular weight is 366 g/mol. The van der Waals surface area contributed by atoms with Crippen LogP contribution in [0, 0.1) is 0 Å². The largest absolute Gasteiger partial charge is 0.489 e. The van der Waals surface area contributed by atoms with Crippen molar-refractivity contribution in [3.05, 3.63) is 71.8 Å². The number of rotatable bonds is 7. The minimum atomic E-state index is -0.768. The van der Waals surface area contributed by atoms with Crippen LogP contribution in [0.15, 0.2) is 60.7 Å². The molecule has 5 nitrogen and oxygen atoms in total. The number of anilines is 1. The van der Waals surface area contributed by atoms with Crippen LogP contribution >= 0.6 is 0 Å². The minimum Gasteiger partial charge on any atom is -0.489 e. The molecule has 1 N–H and O–H groups in total. The first kappa shape index (κ1) is 19.0. The molecule has 1 unspecified atom stereocenters. The first-order valence-corrected chi connectivity index (χ1v) is 9.02. The summed E-state index contributed by atoms with van der Waals surface area (Å²) in [4.78, 5) is 15.1. The highest BCUT2D eigenvalue weighted by molar-refractivity contribution is 6.02. The van der Waals surface area contributed by atoms with Gasteiger partial charge in [0.1, 0.15) is 18.0 Å². The number of benzene rings is 2. The predicted molar refractivity (Wildman–Crippen MR) is 107 cm³/mol. The van der Waals surface area contributed by atoms with E-state index in [2.05, 4.69) is 11.9 Å². The lowest BCUT2D eigenvalue weighted by atomic mass is 9.92. The van der Waals surface area contributed by atoms with Crippen LogP contribution in [0.4, 0.5) is 5.69 Å². The molecule has 1 atom stereocenters. The van der Waals surface area contributed by atoms with Crippen molar-refractivity contribution in [3.8, 4) is 5.75 Å². The van der Waals surface area contributed by atoms with E-state index in [1.54, 1.807) is 7.11 Å². The summed E-state index contributed by atoms with van der Waals surface area (Å²) in [5.41, 5.74) is 2.53. The second-order valence-corrected chi connectivity index (χ2v) is 6.93. The summed E-state index contributed by atoms with van der Waals surface area (Å²) < 4.78 is 11.2. The Hall–Kier alpha value is -2.79. The van der Waals surface area contributed by atoms with E-state index in [4.69, 9.17) is 9.47 Å². The van der Waals surface area contributed by atoms with Crippen molar-refractivity contribution in [1.29, 1.82) is 0 Å². The summed E-state index contributed by atoms with van der Waals surface area (Å²) in [6, 6.07) is 15.4. The molecular formula is C22H26N2O3. The van der Waals surface area contributed by atoms with E-state index >= 15 is 0 Å². The Morgan fingerprint density at radius 3 is 2.63 bits per heavy atom. The Bertz CT molecular complexity index is 849. The Labute approximate surface area is 160 Å². The zero-order chi connectivity index (χ0) is 19.4. The molecule has 0 bridgehead atoms. The zero-order valence-corrected chi connectivity index (χ0v) is 16.1. The van der Waals surface area contributed by atoms with Crippen molar-refractivity contribution >= 4 is 11.6 Å². The van der Waals surface area contributed by atoms with Crippen molar-refractivity contribution in [2.45, 2.75) is 19.5 Å². The van der Waals surface area contributed by atoms with Crippen molar-refractivity contribution in [2.24, 2.45) is 0 Å². The molecule has 0 saturated carbocycles. The highest BCUT2D eigenvalue weighted by atomic mass is 16.5. The van der Waals surface area contributed by atoms with Gasteiger partial charge >= 0.3 is 0 Å². The van der Waals surface area contributed by atoms with Crippen molar-refractivity contribution < 1.29 is 14.3 Å². The Kier molecular flexibility index (Phi) is 5.51. The van der Waals surface area contributed by atoms with Crippen LogP contribution in [0.3, 0.4) is 0 Å². The quantitative estimate of drug-likeness (QED) is 0.752. The first-order chi connectivity index (χ1) is 13.0. The number of nitrogens with zero attached hydrogens (tertiary/aromatic N) is 1. The second kappa shape index (κ2) is 7.84. The molecule has 0 aliphatic carbocycles. The fourth-order valence-corrected chi connectivity index (χ4v) is 3.37. The van der Waals surface area contributed by atoms with E-state index in [9.17, 15) is 4.79 Å². The normalized spacial score (nSPS) is 18.6. The predicted octanol–water partition coefficient (Wildman–Crippen LogP) is 4.03. The van der Waals surface area contributed by atoms with Crippen LogP contribution in [0.2, 0.25) is 0 Å². The maximum atomic E-state index is 13.3. The van der Waals surface area contributed by atoms with Gasteiger partial charge in [-0.1, -0.05) is 36.9 Å². The van der Waals surface area contributed by atoms with Gasteiger partial charge in [-0.2, -0.15) is 0 Å². The molecule has 5 heteroatoms. The van der Waals surface area contributed by atoms with Gasteiger partial charge < -0.3 is 19.7 Å². The second-order valence-electron chi connectivity index (χ2n) is 6.93. The number of ether oxygens (including phenoxy) is 2. The fourth-order valence-electron chi connectivity index (χ4n) is 3.37. The van der Waals surface area contributed by atoms with Gasteiger partial charge in [-0.15, -0.1) is 0 Å². The number of methoxy groups -OCH3 is 1. The molecule has 2 aromatic carbocycles. The standard InChI is InChI=1S/C22H26N2O3/c1-16(2)15-27-20-12-8-6-10-18(20)22(3)23-19-11-7-5-9-17(19)21(25)24(22)13-14-26-4/h5-12,23H,1,13-15H2,2-4H3. The Morgan fingerprint density at radius 2 is 1.89 bits per heavy atom. The van der Waals surface area contributed by atoms with Crippen molar-refractivity contribution in [3.63, 3.8) is 0 Å². The smallest absolute Gasteiger partial charge is 0.258 e. The molecule has 3 rings (SSSR count). The third-order valence-electron chi connectivity index (χ3n) is 4.73. The topological polar surface area (TPSA) is 50.8 Å². The fraction of sp³-hybridized carbons (Fsp3) is 0.318. The molecule has 1 aliphatic heterocycles. The van der Waals surface area contributed by atoms with Crippen LogP contribution in [0.5, 0.6) is 5.75 Å². The van der Waals surface area contributed by atoms with Crippen LogP contribution in [-0.2, 0) is 10.4 Å². The van der Waals surface area contributed by atoms with Gasteiger partial charge in [0.15, 0.2) is 0 Å². The number of nitrogens with one attached hydrogen (secondary N) is 1. The summed E-state index contributed by atoms with van der Waals surface area (Å²) in [6.07, 6.45) is 0. The first-order valence-electron chi connectivity index (χ1n) is 9.02. The van der Waals surface area contributed by atoms with Gasteiger partial charge in [0.2, 0.25) is 0 Å². The monoisotopic (exact) mass is 366 g/mol. The van der Waals surface area contributed by atoms with E-state index in [0.717, 1.165) is 22.6 Å². The highest BCUT2D eigenvalue weighted by Gasteiger charge is 2.43. The molecule has 27 heavy (non-hydrogen) atoms. The molecule has 1 heterocycles. The SMILES string of the molecule is C=C(C)COc1ccccc1C1(C)Nc2ccccc2C(=O)N1CCOC. The summed E-state index contributed by atoms with van der Waals surface area (Å²) >= 11 is 0. The van der Waals surface area contributed by atoms with Gasteiger partial charge in [-0.3, -0.25) is 4.79 Å². The number of hydrogen-bond acceptors (Lipinski definition) is 4. The number of carbonyl (C=O) groups is 1. The highest BCUT2D eigenvalue weighted by Crippen LogP contribution is 2.41. The molecule has 2 aromatic rings. The van der Waals surface area contributed by atoms with Crippen LogP contribution in [-0.4, -0.2) is 37.7 Å². The Morgan fingerprint density at radius 1 is 1.19 bits per heavy atom. The molecule has 0 radical (unpaired) electrons. The third-order valence-corrected chi connectivity index (χ3v) is 4.73. The van der Waals surface area contributed by atoms with E-state index < -0.39 is 5.66 Å². The van der Waals surface area contributed by atoms with Crippen molar-refractivity contribution in [2.75, 3.05) is 32.2 Å². The number of carbonyl (C=O) groups excluding carboxylic acids is 1. The molecule has 1 amide bonds. The molecular weight excluding hydrogens is 340 g/mol. The number of amides is 1. The number of hydrogen-bond donors (Lipinski definition) is 1. The number of fused-ring (bicyclic) bond motifs is 1. The molecule has 0 spiro atoms. The van der Waals surface area contributed by atoms with E-state index in [1.165, 1.54) is 0 Å². The molecule has 0 aromatic heterocycles. The average Bonchev–Trinajstić information content (AvgIpc) is 2.66. The maximum absolute atomic E-state index is 13.3. The summed E-state index contributed by atoms with van der Waals surface area (Å²) in [5, 5.41) is 3.55. The van der Waals surface area contributed by atoms with Crippen LogP contribution in [0.25, 0.3) is 0 Å². The molecule has 0 saturated heterocycles. The van der Waals surface area contributed by atoms with Gasteiger partial charge in [0.25, 0.3) is 5.91 Å². The van der Waals surface area contributed by atoms with Crippen LogP contribution < -0.4 is 10.1 Å². The maximum Gasteiger partial charge on any atom is 0.258 e. The summed E-state index contributed by atoms with van der Waals surface area (Å²) in [6.45, 7) is 9.16. The van der Waals surface area contributed by atoms with Crippen LogP contribution in [0.1, 0.15) is 29.8 Å². The van der Waals surface area contributed by atoms with Gasteiger partial charge in [0.05, 0.1) is 12.2 Å². The van der Waals surface area contributed by atoms with E-state index in [-0.39, 0.29) is 5.91 Å².